The van der Waals surface area contributed by atoms with Gasteiger partial charge in [0.25, 0.3) is 0 Å². The molecule has 1 aliphatic heterocycles. The van der Waals surface area contributed by atoms with Gasteiger partial charge < -0.3 is 19.7 Å². The second kappa shape index (κ2) is 9.62. The van der Waals surface area contributed by atoms with E-state index in [1.807, 2.05) is 48.5 Å². The Balaban J connectivity index is 1.46. The van der Waals surface area contributed by atoms with Gasteiger partial charge in [0.2, 0.25) is 5.95 Å². The fraction of sp³-hybridized carbons (Fsp3) is 0.269. The van der Waals surface area contributed by atoms with Crippen LogP contribution in [-0.2, 0) is 0 Å². The molecular weight excluding hydrogens is 430 g/mol. The number of fused-ring (bicyclic) bond motifs is 1. The molecule has 2 atom stereocenters. The topological polar surface area (TPSA) is 94.6 Å². The molecule has 1 aliphatic rings. The lowest BCUT2D eigenvalue weighted by Crippen LogP contribution is -2.51. The van der Waals surface area contributed by atoms with Crippen LogP contribution in [0.25, 0.3) is 10.9 Å². The minimum absolute atomic E-state index is 0.317. The van der Waals surface area contributed by atoms with E-state index < -0.39 is 12.1 Å². The van der Waals surface area contributed by atoms with Crippen molar-refractivity contribution in [2.75, 3.05) is 38.2 Å². The number of nitrogens with one attached hydrogen (secondary N) is 1. The van der Waals surface area contributed by atoms with E-state index >= 15 is 0 Å². The van der Waals surface area contributed by atoms with Crippen LogP contribution in [0.15, 0.2) is 73.2 Å². The van der Waals surface area contributed by atoms with Crippen LogP contribution in [0.5, 0.6) is 5.75 Å². The van der Waals surface area contributed by atoms with E-state index in [4.69, 9.17) is 4.74 Å². The predicted molar refractivity (Wildman–Crippen MR) is 130 cm³/mol. The highest BCUT2D eigenvalue weighted by atomic mass is 16.5. The summed E-state index contributed by atoms with van der Waals surface area (Å²) in [6.07, 6.45) is 3.88. The van der Waals surface area contributed by atoms with Gasteiger partial charge in [0.15, 0.2) is 5.78 Å². The summed E-state index contributed by atoms with van der Waals surface area (Å²) in [4.78, 5) is 29.7. The summed E-state index contributed by atoms with van der Waals surface area (Å²) in [7, 11) is 1.61. The number of ether oxygens (including phenoxy) is 1. The standard InChI is InChI=1S/C26H27N5O3/c1-34-22-10-5-3-8-19(22)23(30-13-15-31(16-14-30)26-27-11-6-12-28-26)25(33)24(32)20-17-29-21-9-4-2-7-18(20)21/h2-12,17,23,25,29,33H,13-16H2,1H3/t23-,25+/m1/s1. The van der Waals surface area contributed by atoms with Crippen molar-refractivity contribution >= 4 is 22.6 Å². The first-order chi connectivity index (χ1) is 16.7. The summed E-state index contributed by atoms with van der Waals surface area (Å²) >= 11 is 0. The van der Waals surface area contributed by atoms with Gasteiger partial charge in [-0.2, -0.15) is 0 Å². The number of nitrogens with zero attached hydrogens (tertiary/aromatic N) is 4. The quantitative estimate of drug-likeness (QED) is 0.412. The molecule has 2 N–H and O–H groups in total. The molecule has 4 aromatic rings. The number of aromatic nitrogens is 3. The van der Waals surface area contributed by atoms with Crippen LogP contribution < -0.4 is 9.64 Å². The molecule has 0 unspecified atom stereocenters. The second-order valence-electron chi connectivity index (χ2n) is 8.32. The molecule has 0 amide bonds. The number of piperazine rings is 1. The molecule has 0 spiro atoms. The first-order valence-electron chi connectivity index (χ1n) is 11.3. The number of methoxy groups -OCH3 is 1. The van der Waals surface area contributed by atoms with Gasteiger partial charge in [-0.1, -0.05) is 36.4 Å². The van der Waals surface area contributed by atoms with E-state index in [9.17, 15) is 9.90 Å². The Labute approximate surface area is 197 Å². The Bertz CT molecular complexity index is 1270. The number of Topliss-reactive ketones (excluding diaryl/α,β-unsaturated/α-hetero) is 1. The summed E-state index contributed by atoms with van der Waals surface area (Å²) in [5, 5.41) is 12.3. The van der Waals surface area contributed by atoms with Gasteiger partial charge in [-0.15, -0.1) is 0 Å². The lowest BCUT2D eigenvalue weighted by molar-refractivity contribution is 0.0358. The van der Waals surface area contributed by atoms with Crippen molar-refractivity contribution in [1.82, 2.24) is 19.9 Å². The van der Waals surface area contributed by atoms with Crippen molar-refractivity contribution in [1.29, 1.82) is 0 Å². The monoisotopic (exact) mass is 457 g/mol. The summed E-state index contributed by atoms with van der Waals surface area (Å²) in [5.74, 6) is 1.01. The third-order valence-corrected chi connectivity index (χ3v) is 6.42. The molecule has 8 nitrogen and oxygen atoms in total. The Morgan fingerprint density at radius 3 is 2.47 bits per heavy atom. The number of hydrogen-bond acceptors (Lipinski definition) is 7. The summed E-state index contributed by atoms with van der Waals surface area (Å²) < 4.78 is 5.61. The van der Waals surface area contributed by atoms with Crippen LogP contribution in [0, 0.1) is 0 Å². The number of benzene rings is 2. The Kier molecular flexibility index (Phi) is 6.24. The highest BCUT2D eigenvalue weighted by Gasteiger charge is 2.37. The van der Waals surface area contributed by atoms with Gasteiger partial charge in [0.05, 0.1) is 13.2 Å². The number of aliphatic hydroxyl groups excluding tert-OH is 1. The van der Waals surface area contributed by atoms with E-state index in [2.05, 4.69) is 24.8 Å². The molecule has 0 saturated carbocycles. The Morgan fingerprint density at radius 1 is 1.00 bits per heavy atom. The molecule has 0 radical (unpaired) electrons. The van der Waals surface area contributed by atoms with Crippen LogP contribution >= 0.6 is 0 Å². The first kappa shape index (κ1) is 22.1. The van der Waals surface area contributed by atoms with Crippen molar-refractivity contribution in [2.45, 2.75) is 12.1 Å². The fourth-order valence-electron chi connectivity index (χ4n) is 4.71. The number of carbonyl (C=O) groups excluding carboxylic acids is 1. The van der Waals surface area contributed by atoms with Gasteiger partial charge in [-0.3, -0.25) is 9.69 Å². The van der Waals surface area contributed by atoms with Crippen molar-refractivity contribution < 1.29 is 14.6 Å². The zero-order valence-electron chi connectivity index (χ0n) is 19.0. The number of para-hydroxylation sites is 2. The van der Waals surface area contributed by atoms with Crippen molar-refractivity contribution in [3.8, 4) is 5.75 Å². The molecular formula is C26H27N5O3. The highest BCUT2D eigenvalue weighted by molar-refractivity contribution is 6.10. The SMILES string of the molecule is COc1ccccc1[C@H]([C@H](O)C(=O)c1c[nH]c2ccccc12)N1CCN(c2ncccn2)CC1. The highest BCUT2D eigenvalue weighted by Crippen LogP contribution is 2.35. The average molecular weight is 458 g/mol. The number of H-pyrrole nitrogens is 1. The van der Waals surface area contributed by atoms with Gasteiger partial charge in [-0.05, 0) is 18.2 Å². The summed E-state index contributed by atoms with van der Waals surface area (Å²) in [6.45, 7) is 2.64. The summed E-state index contributed by atoms with van der Waals surface area (Å²) in [5.41, 5.74) is 2.14. The van der Waals surface area contributed by atoms with Gasteiger partial charge in [-0.25, -0.2) is 9.97 Å². The molecule has 8 heteroatoms. The molecule has 5 rings (SSSR count). The normalized spacial score (nSPS) is 16.4. The molecule has 2 aromatic carbocycles. The number of ketones is 1. The maximum absolute atomic E-state index is 13.6. The molecule has 1 saturated heterocycles. The minimum atomic E-state index is -1.27. The van der Waals surface area contributed by atoms with Crippen molar-refractivity contribution in [2.24, 2.45) is 0 Å². The van der Waals surface area contributed by atoms with E-state index in [0.29, 0.717) is 43.4 Å². The third kappa shape index (κ3) is 4.13. The molecule has 174 valence electrons. The molecule has 0 aliphatic carbocycles. The number of carbonyl (C=O) groups is 1. The van der Waals surface area contributed by atoms with E-state index in [-0.39, 0.29) is 5.78 Å². The number of aromatic amines is 1. The van der Waals surface area contributed by atoms with E-state index in [1.54, 1.807) is 31.8 Å². The van der Waals surface area contributed by atoms with Gasteiger partial charge in [0, 0.05) is 66.8 Å². The average Bonchev–Trinajstić information content (AvgIpc) is 3.34. The fourth-order valence-corrected chi connectivity index (χ4v) is 4.71. The Hall–Kier alpha value is -3.75. The first-order valence-corrected chi connectivity index (χ1v) is 11.3. The molecule has 0 bridgehead atoms. The number of hydrogen-bond donors (Lipinski definition) is 2. The van der Waals surface area contributed by atoms with E-state index in [1.165, 1.54) is 0 Å². The van der Waals surface area contributed by atoms with E-state index in [0.717, 1.165) is 16.5 Å². The van der Waals surface area contributed by atoms with Gasteiger partial charge >= 0.3 is 0 Å². The van der Waals surface area contributed by atoms with Crippen LogP contribution in [0.3, 0.4) is 0 Å². The van der Waals surface area contributed by atoms with Gasteiger partial charge in [0.1, 0.15) is 11.9 Å². The minimum Gasteiger partial charge on any atom is -0.496 e. The Morgan fingerprint density at radius 2 is 1.71 bits per heavy atom. The third-order valence-electron chi connectivity index (χ3n) is 6.42. The van der Waals surface area contributed by atoms with Crippen molar-refractivity contribution in [3.63, 3.8) is 0 Å². The zero-order chi connectivity index (χ0) is 23.5. The van der Waals surface area contributed by atoms with Crippen LogP contribution in [0.2, 0.25) is 0 Å². The zero-order valence-corrected chi connectivity index (χ0v) is 19.0. The summed E-state index contributed by atoms with van der Waals surface area (Å²) in [6, 6.07) is 16.4. The smallest absolute Gasteiger partial charge is 0.225 e. The lowest BCUT2D eigenvalue weighted by Gasteiger charge is -2.41. The largest absolute Gasteiger partial charge is 0.496 e. The second-order valence-corrected chi connectivity index (χ2v) is 8.32. The molecule has 1 fully saturated rings. The van der Waals surface area contributed by atoms with Crippen LogP contribution in [0.1, 0.15) is 22.0 Å². The lowest BCUT2D eigenvalue weighted by atomic mass is 9.92. The molecule has 34 heavy (non-hydrogen) atoms. The number of aliphatic hydroxyl groups is 1. The van der Waals surface area contributed by atoms with Crippen molar-refractivity contribution in [3.05, 3.63) is 84.3 Å². The van der Waals surface area contributed by atoms with Crippen LogP contribution in [-0.4, -0.2) is 70.1 Å². The number of rotatable bonds is 7. The molecule has 3 heterocycles. The number of anilines is 1. The molecule has 2 aromatic heterocycles. The maximum Gasteiger partial charge on any atom is 0.225 e. The maximum atomic E-state index is 13.6. The van der Waals surface area contributed by atoms with Crippen LogP contribution in [0.4, 0.5) is 5.95 Å². The predicted octanol–water partition coefficient (Wildman–Crippen LogP) is 3.07.